The predicted octanol–water partition coefficient (Wildman–Crippen LogP) is 2.18. The highest BCUT2D eigenvalue weighted by molar-refractivity contribution is 7.52. The van der Waals surface area contributed by atoms with Crippen molar-refractivity contribution < 1.29 is 46.9 Å². The molecule has 5 atom stereocenters. The molecule has 240 valence electrons. The van der Waals surface area contributed by atoms with Crippen LogP contribution >= 0.6 is 7.75 Å². The summed E-state index contributed by atoms with van der Waals surface area (Å²) < 4.78 is 48.7. The van der Waals surface area contributed by atoms with Crippen LogP contribution in [-0.2, 0) is 30.0 Å². The molecule has 2 fully saturated rings. The number of nitrogens with two attached hydrogens (primary N) is 1. The Balaban J connectivity index is 1.22. The van der Waals surface area contributed by atoms with E-state index < -0.39 is 55.6 Å². The smallest absolute Gasteiger partial charge is 0.456 e. The molecule has 0 amide bonds. The largest absolute Gasteiger partial charge is 0.519 e. The minimum atomic E-state index is -4.41. The van der Waals surface area contributed by atoms with Crippen molar-refractivity contribution in [2.75, 3.05) is 12.3 Å². The van der Waals surface area contributed by atoms with E-state index in [4.69, 9.17) is 33.1 Å². The number of esters is 1. The molecule has 5 N–H and O–H groups in total. The average molecular weight is 646 g/mol. The second-order valence-electron chi connectivity index (χ2n) is 11.2. The van der Waals surface area contributed by atoms with Gasteiger partial charge in [-0.1, -0.05) is 18.2 Å². The predicted molar refractivity (Wildman–Crippen MR) is 154 cm³/mol. The number of hydrogen-bond donors (Lipinski definition) is 4. The van der Waals surface area contributed by atoms with Gasteiger partial charge in [-0.3, -0.25) is 9.32 Å². The lowest BCUT2D eigenvalue weighted by molar-refractivity contribution is -0.157. The van der Waals surface area contributed by atoms with Crippen LogP contribution in [0.15, 0.2) is 62.4 Å². The van der Waals surface area contributed by atoms with Crippen molar-refractivity contribution in [1.29, 1.82) is 0 Å². The van der Waals surface area contributed by atoms with Gasteiger partial charge in [-0.2, -0.15) is 10.2 Å². The number of fused-ring (bicyclic) bond motifs is 1. The monoisotopic (exact) mass is 645 g/mol. The molecule has 0 radical (unpaired) electrons. The van der Waals surface area contributed by atoms with E-state index in [1.165, 1.54) is 24.7 Å². The second-order valence-corrected chi connectivity index (χ2v) is 12.9. The van der Waals surface area contributed by atoms with E-state index in [-0.39, 0.29) is 42.5 Å². The number of aromatic nitrogens is 3. The summed E-state index contributed by atoms with van der Waals surface area (Å²) in [7, 11) is -4.41. The maximum atomic E-state index is 14.4. The topological polar surface area (TPSA) is 223 Å². The number of aryl methyl sites for hydroxylation is 1. The molecule has 4 aromatic rings. The Kier molecular flexibility index (Phi) is 8.05. The zero-order valence-electron chi connectivity index (χ0n) is 24.3. The second kappa shape index (κ2) is 11.7. The molecule has 1 saturated heterocycles. The summed E-state index contributed by atoms with van der Waals surface area (Å²) >= 11 is 0. The molecule has 2 aliphatic rings. The van der Waals surface area contributed by atoms with E-state index in [0.717, 1.165) is 0 Å². The third kappa shape index (κ3) is 5.88. The summed E-state index contributed by atoms with van der Waals surface area (Å²) in [5, 5.41) is 29.0. The van der Waals surface area contributed by atoms with Crippen LogP contribution in [0.5, 0.6) is 5.75 Å². The first kappa shape index (κ1) is 31.0. The van der Waals surface area contributed by atoms with Crippen LogP contribution in [0, 0.1) is 6.92 Å². The number of ether oxygens (including phenoxy) is 2. The fourth-order valence-electron chi connectivity index (χ4n) is 5.34. The first-order valence-corrected chi connectivity index (χ1v) is 15.6. The Morgan fingerprint density at radius 2 is 1.96 bits per heavy atom. The summed E-state index contributed by atoms with van der Waals surface area (Å²) in [6, 6.07) is 11.5. The molecule has 16 nitrogen and oxygen atoms in total. The van der Waals surface area contributed by atoms with Gasteiger partial charge in [0.05, 0.1) is 12.3 Å². The van der Waals surface area contributed by atoms with Gasteiger partial charge in [-0.25, -0.2) is 18.9 Å². The number of anilines is 1. The minimum Gasteiger partial charge on any atom is -0.456 e. The number of benzene rings is 1. The molecule has 1 unspecified atom stereocenters. The van der Waals surface area contributed by atoms with Crippen molar-refractivity contribution in [2.45, 2.75) is 69.2 Å². The van der Waals surface area contributed by atoms with E-state index in [2.05, 4.69) is 15.2 Å². The molecule has 0 bridgehead atoms. The number of hydrogen-bond acceptors (Lipinski definition) is 14. The first-order chi connectivity index (χ1) is 21.4. The SMILES string of the molecule is Cc1oc(=O)oc1COC(=O)C1(NP(=O)(OC[C@@]2(C)O[C@@H](c3ccc4c(N)ncnn34)[C@H](O)[C@@H]2O)Oc2ccccc2)CCC1. The molecule has 6 rings (SSSR count). The zero-order valence-corrected chi connectivity index (χ0v) is 25.2. The molecule has 1 saturated carbocycles. The standard InChI is InChI=1S/C28H32N5O11P/c1-16-20(42-26(37)41-16)13-39-25(36)28(11-6-12-28)32-45(38,44-17-7-4-3-5-8-17)40-14-27(2)23(35)21(34)22(43-27)18-9-10-19-24(29)30-15-31-33(18)19/h3-5,7-10,15,21-23,34-35H,6,11-14H2,1-2H3,(H,32,38)(H2,29,30,31)/t21-,22-,23-,27+,45?/m0/s1. The lowest BCUT2D eigenvalue weighted by Gasteiger charge is -2.41. The number of aliphatic hydroxyl groups is 2. The highest BCUT2D eigenvalue weighted by atomic mass is 31.2. The van der Waals surface area contributed by atoms with E-state index in [9.17, 15) is 24.4 Å². The van der Waals surface area contributed by atoms with Crippen molar-refractivity contribution in [2.24, 2.45) is 0 Å². The van der Waals surface area contributed by atoms with Crippen LogP contribution in [-0.4, -0.2) is 60.7 Å². The van der Waals surface area contributed by atoms with Gasteiger partial charge in [0.2, 0.25) is 0 Å². The number of rotatable bonds is 11. The molecule has 1 aliphatic heterocycles. The van der Waals surface area contributed by atoms with Gasteiger partial charge in [0.15, 0.2) is 23.9 Å². The molecular weight excluding hydrogens is 613 g/mol. The molecular formula is C28H32N5O11P. The maximum absolute atomic E-state index is 14.4. The van der Waals surface area contributed by atoms with Gasteiger partial charge in [-0.15, -0.1) is 0 Å². The summed E-state index contributed by atoms with van der Waals surface area (Å²) in [6.07, 6.45) is -1.62. The third-order valence-corrected chi connectivity index (χ3v) is 9.69. The zero-order chi connectivity index (χ0) is 32.0. The van der Waals surface area contributed by atoms with E-state index in [1.807, 2.05) is 0 Å². The Morgan fingerprint density at radius 3 is 2.62 bits per heavy atom. The minimum absolute atomic E-state index is 0.0427. The number of nitrogens with zero attached hydrogens (tertiary/aromatic N) is 3. The lowest BCUT2D eigenvalue weighted by Crippen LogP contribution is -2.57. The normalized spacial score (nSPS) is 25.5. The van der Waals surface area contributed by atoms with E-state index in [0.29, 0.717) is 17.6 Å². The highest BCUT2D eigenvalue weighted by Crippen LogP contribution is 2.52. The number of nitrogen functional groups attached to an aromatic ring is 1. The van der Waals surface area contributed by atoms with Crippen molar-refractivity contribution in [1.82, 2.24) is 19.7 Å². The molecule has 1 aliphatic carbocycles. The Labute approximate surface area is 255 Å². The number of nitrogens with one attached hydrogen (secondary N) is 1. The van der Waals surface area contributed by atoms with Crippen molar-refractivity contribution in [3.05, 3.63) is 76.6 Å². The van der Waals surface area contributed by atoms with Crippen LogP contribution in [0.1, 0.15) is 49.5 Å². The molecule has 1 aromatic carbocycles. The highest BCUT2D eigenvalue weighted by Gasteiger charge is 2.56. The lowest BCUT2D eigenvalue weighted by atomic mass is 9.78. The first-order valence-electron chi connectivity index (χ1n) is 14.1. The summed E-state index contributed by atoms with van der Waals surface area (Å²) in [4.78, 5) is 28.6. The quantitative estimate of drug-likeness (QED) is 0.136. The fourth-order valence-corrected chi connectivity index (χ4v) is 7.17. The van der Waals surface area contributed by atoms with Crippen LogP contribution in [0.4, 0.5) is 5.82 Å². The van der Waals surface area contributed by atoms with Crippen LogP contribution in [0.25, 0.3) is 5.52 Å². The van der Waals surface area contributed by atoms with Gasteiger partial charge < -0.3 is 38.8 Å². The fraction of sp³-hybridized carbons (Fsp3) is 0.429. The van der Waals surface area contributed by atoms with Crippen LogP contribution < -0.4 is 21.2 Å². The van der Waals surface area contributed by atoms with E-state index >= 15 is 0 Å². The molecule has 17 heteroatoms. The average Bonchev–Trinajstić information content (AvgIpc) is 3.64. The molecule has 3 aromatic heterocycles. The van der Waals surface area contributed by atoms with Gasteiger partial charge in [0.25, 0.3) is 0 Å². The Hall–Kier alpha value is -4.05. The van der Waals surface area contributed by atoms with Gasteiger partial charge in [0, 0.05) is 0 Å². The number of carbonyl (C=O) groups is 1. The van der Waals surface area contributed by atoms with Crippen LogP contribution in [0.3, 0.4) is 0 Å². The van der Waals surface area contributed by atoms with Crippen molar-refractivity contribution >= 4 is 25.1 Å². The summed E-state index contributed by atoms with van der Waals surface area (Å²) in [6.45, 7) is 2.07. The number of para-hydroxylation sites is 1. The maximum Gasteiger partial charge on any atom is 0.519 e. The molecule has 0 spiro atoms. The van der Waals surface area contributed by atoms with Crippen molar-refractivity contribution in [3.63, 3.8) is 0 Å². The summed E-state index contributed by atoms with van der Waals surface area (Å²) in [5.41, 5.74) is 3.77. The van der Waals surface area contributed by atoms with Crippen molar-refractivity contribution in [3.8, 4) is 5.75 Å². The van der Waals surface area contributed by atoms with E-state index in [1.54, 1.807) is 42.5 Å². The number of aliphatic hydroxyl groups excluding tert-OH is 2. The van der Waals surface area contributed by atoms with Gasteiger partial charge in [0.1, 0.15) is 47.0 Å². The third-order valence-electron chi connectivity index (χ3n) is 8.07. The Morgan fingerprint density at radius 1 is 1.20 bits per heavy atom. The summed E-state index contributed by atoms with van der Waals surface area (Å²) in [5.74, 6) is -1.09. The van der Waals surface area contributed by atoms with Gasteiger partial charge in [-0.05, 0) is 57.4 Å². The van der Waals surface area contributed by atoms with Crippen LogP contribution in [0.2, 0.25) is 0 Å². The Bertz CT molecular complexity index is 1800. The number of carbonyl (C=O) groups excluding carboxylic acids is 1. The molecule has 4 heterocycles. The van der Waals surface area contributed by atoms with Gasteiger partial charge >= 0.3 is 19.5 Å². The molecule has 45 heavy (non-hydrogen) atoms.